The molecule has 21 heavy (non-hydrogen) atoms. The van der Waals surface area contributed by atoms with Crippen molar-refractivity contribution in [1.29, 1.82) is 0 Å². The molecule has 1 saturated heterocycles. The number of hydrogen-bond acceptors (Lipinski definition) is 4. The van der Waals surface area contributed by atoms with Crippen LogP contribution >= 0.6 is 0 Å². The zero-order valence-corrected chi connectivity index (χ0v) is 14.4. The van der Waals surface area contributed by atoms with E-state index in [1.54, 1.807) is 7.11 Å². The lowest BCUT2D eigenvalue weighted by molar-refractivity contribution is -0.0120. The van der Waals surface area contributed by atoms with E-state index in [4.69, 9.17) is 9.47 Å². The van der Waals surface area contributed by atoms with Crippen LogP contribution in [-0.4, -0.2) is 62.5 Å². The highest BCUT2D eigenvalue weighted by Crippen LogP contribution is 2.42. The second kappa shape index (κ2) is 7.40. The molecule has 1 aliphatic carbocycles. The van der Waals surface area contributed by atoms with E-state index in [0.29, 0.717) is 5.54 Å². The lowest BCUT2D eigenvalue weighted by Gasteiger charge is -2.52. The molecule has 2 atom stereocenters. The normalized spacial score (nSPS) is 34.3. The fourth-order valence-electron chi connectivity index (χ4n) is 3.42. The second-order valence-electron chi connectivity index (χ2n) is 7.28. The van der Waals surface area contributed by atoms with E-state index >= 15 is 0 Å². The van der Waals surface area contributed by atoms with Crippen molar-refractivity contribution >= 4 is 0 Å². The molecule has 1 heterocycles. The van der Waals surface area contributed by atoms with Crippen molar-refractivity contribution in [3.05, 3.63) is 0 Å². The highest BCUT2D eigenvalue weighted by molar-refractivity contribution is 5.07. The highest BCUT2D eigenvalue weighted by atomic mass is 16.5. The van der Waals surface area contributed by atoms with E-state index < -0.39 is 0 Å². The van der Waals surface area contributed by atoms with Crippen molar-refractivity contribution in [2.75, 3.05) is 46.6 Å². The summed E-state index contributed by atoms with van der Waals surface area (Å²) in [6.07, 6.45) is 4.97. The van der Waals surface area contributed by atoms with Gasteiger partial charge in [0.25, 0.3) is 0 Å². The number of rotatable bonds is 9. The van der Waals surface area contributed by atoms with Crippen LogP contribution in [0.5, 0.6) is 0 Å². The van der Waals surface area contributed by atoms with Crippen LogP contribution in [0.1, 0.15) is 46.5 Å². The molecule has 2 unspecified atom stereocenters. The molecule has 0 radical (unpaired) electrons. The second-order valence-corrected chi connectivity index (χ2v) is 7.28. The molecule has 1 N–H and O–H groups in total. The predicted octanol–water partition coefficient (Wildman–Crippen LogP) is 2.28. The molecule has 0 amide bonds. The first-order chi connectivity index (χ1) is 10.0. The van der Waals surface area contributed by atoms with Gasteiger partial charge in [-0.1, -0.05) is 6.92 Å². The number of piperazine rings is 1. The van der Waals surface area contributed by atoms with Gasteiger partial charge in [0.1, 0.15) is 0 Å². The average molecular weight is 298 g/mol. The monoisotopic (exact) mass is 298 g/mol. The van der Waals surface area contributed by atoms with Crippen molar-refractivity contribution in [3.63, 3.8) is 0 Å². The minimum atomic E-state index is 0.268. The van der Waals surface area contributed by atoms with Gasteiger partial charge >= 0.3 is 0 Å². The number of nitrogens with zero attached hydrogens (tertiary/aromatic N) is 1. The molecule has 4 heteroatoms. The lowest BCUT2D eigenvalue weighted by Crippen LogP contribution is -2.69. The summed E-state index contributed by atoms with van der Waals surface area (Å²) in [6, 6.07) is 0. The summed E-state index contributed by atoms with van der Waals surface area (Å²) in [5.41, 5.74) is 0.578. The largest absolute Gasteiger partial charge is 0.385 e. The first-order valence-electron chi connectivity index (χ1n) is 8.61. The Labute approximate surface area is 130 Å². The summed E-state index contributed by atoms with van der Waals surface area (Å²) in [6.45, 7) is 12.8. The summed E-state index contributed by atoms with van der Waals surface area (Å²) in [5.74, 6) is 0.879. The molecule has 124 valence electrons. The third-order valence-corrected chi connectivity index (χ3v) is 5.54. The maximum Gasteiger partial charge on any atom is 0.0593 e. The maximum absolute atomic E-state index is 5.78. The van der Waals surface area contributed by atoms with E-state index in [1.807, 2.05) is 0 Å². The molecule has 2 aliphatic rings. The topological polar surface area (TPSA) is 33.7 Å². The summed E-state index contributed by atoms with van der Waals surface area (Å²) >= 11 is 0. The Kier molecular flexibility index (Phi) is 6.06. The Balaban J connectivity index is 1.80. The maximum atomic E-state index is 5.78. The molecule has 2 rings (SSSR count). The molecule has 4 nitrogen and oxygen atoms in total. The van der Waals surface area contributed by atoms with Gasteiger partial charge in [0, 0.05) is 51.0 Å². The van der Waals surface area contributed by atoms with Crippen molar-refractivity contribution in [2.24, 2.45) is 5.92 Å². The molecule has 0 aromatic heterocycles. The van der Waals surface area contributed by atoms with Crippen LogP contribution in [0, 0.1) is 5.92 Å². The molecule has 0 bridgehead atoms. The van der Waals surface area contributed by atoms with Crippen LogP contribution in [0.2, 0.25) is 0 Å². The van der Waals surface area contributed by atoms with Crippen LogP contribution in [-0.2, 0) is 9.47 Å². The van der Waals surface area contributed by atoms with Gasteiger partial charge in [-0.15, -0.1) is 0 Å². The van der Waals surface area contributed by atoms with E-state index in [-0.39, 0.29) is 5.54 Å². The Hall–Kier alpha value is -0.160. The van der Waals surface area contributed by atoms with Crippen molar-refractivity contribution in [2.45, 2.75) is 57.5 Å². The molecule has 1 saturated carbocycles. The molecule has 0 spiro atoms. The predicted molar refractivity (Wildman–Crippen MR) is 86.7 cm³/mol. The van der Waals surface area contributed by atoms with Gasteiger partial charge in [0.15, 0.2) is 0 Å². The lowest BCUT2D eigenvalue weighted by atomic mass is 9.84. The summed E-state index contributed by atoms with van der Waals surface area (Å²) in [7, 11) is 1.74. The first kappa shape index (κ1) is 17.2. The Morgan fingerprint density at radius 1 is 1.19 bits per heavy atom. The third kappa shape index (κ3) is 4.41. The zero-order valence-electron chi connectivity index (χ0n) is 14.4. The molecule has 1 aliphatic heterocycles. The number of ether oxygens (including phenoxy) is 2. The Morgan fingerprint density at radius 3 is 2.57 bits per heavy atom. The third-order valence-electron chi connectivity index (χ3n) is 5.54. The van der Waals surface area contributed by atoms with Gasteiger partial charge in [0.2, 0.25) is 0 Å². The van der Waals surface area contributed by atoms with Gasteiger partial charge in [-0.2, -0.15) is 0 Å². The number of methoxy groups -OCH3 is 1. The molecule has 0 aromatic rings. The van der Waals surface area contributed by atoms with Crippen molar-refractivity contribution in [1.82, 2.24) is 10.2 Å². The number of hydrogen-bond donors (Lipinski definition) is 1. The van der Waals surface area contributed by atoms with Crippen LogP contribution in [0.4, 0.5) is 0 Å². The minimum absolute atomic E-state index is 0.268. The fourth-order valence-corrected chi connectivity index (χ4v) is 3.42. The highest BCUT2D eigenvalue weighted by Gasteiger charge is 2.48. The molecular weight excluding hydrogens is 264 g/mol. The Bertz CT molecular complexity index is 322. The van der Waals surface area contributed by atoms with E-state index in [0.717, 1.165) is 51.8 Å². The van der Waals surface area contributed by atoms with Crippen LogP contribution < -0.4 is 5.32 Å². The van der Waals surface area contributed by atoms with Crippen molar-refractivity contribution in [3.8, 4) is 0 Å². The van der Waals surface area contributed by atoms with Crippen molar-refractivity contribution < 1.29 is 9.47 Å². The van der Waals surface area contributed by atoms with Crippen LogP contribution in [0.15, 0.2) is 0 Å². The van der Waals surface area contributed by atoms with Gasteiger partial charge < -0.3 is 14.8 Å². The van der Waals surface area contributed by atoms with E-state index in [1.165, 1.54) is 19.3 Å². The van der Waals surface area contributed by atoms with Gasteiger partial charge in [0.05, 0.1) is 6.61 Å². The average Bonchev–Trinajstić information content (AvgIpc) is 3.31. The Morgan fingerprint density at radius 2 is 1.95 bits per heavy atom. The van der Waals surface area contributed by atoms with Crippen LogP contribution in [0.25, 0.3) is 0 Å². The van der Waals surface area contributed by atoms with E-state index in [9.17, 15) is 0 Å². The molecule has 0 aromatic carbocycles. The fraction of sp³-hybridized carbons (Fsp3) is 1.00. The standard InChI is InChI=1S/C17H34N2O2/c1-5-16(2)13-18-17(3,15-7-8-15)14-19(16)9-12-21-11-6-10-20-4/h15,18H,5-14H2,1-4H3. The molecule has 2 fully saturated rings. The summed E-state index contributed by atoms with van der Waals surface area (Å²) in [4.78, 5) is 2.66. The summed E-state index contributed by atoms with van der Waals surface area (Å²) < 4.78 is 10.8. The van der Waals surface area contributed by atoms with Gasteiger partial charge in [-0.05, 0) is 45.4 Å². The SMILES string of the molecule is CCC1(C)CNC(C)(C2CC2)CN1CCOCCCOC. The quantitative estimate of drug-likeness (QED) is 0.662. The zero-order chi connectivity index (χ0) is 15.3. The van der Waals surface area contributed by atoms with E-state index in [2.05, 4.69) is 31.0 Å². The smallest absolute Gasteiger partial charge is 0.0593 e. The van der Waals surface area contributed by atoms with Gasteiger partial charge in [-0.25, -0.2) is 0 Å². The number of nitrogens with one attached hydrogen (secondary N) is 1. The summed E-state index contributed by atoms with van der Waals surface area (Å²) in [5, 5.41) is 3.85. The first-order valence-corrected chi connectivity index (χ1v) is 8.61. The molecular formula is C17H34N2O2. The van der Waals surface area contributed by atoms with Crippen LogP contribution in [0.3, 0.4) is 0 Å². The van der Waals surface area contributed by atoms with Gasteiger partial charge in [-0.3, -0.25) is 4.90 Å². The minimum Gasteiger partial charge on any atom is -0.385 e.